The van der Waals surface area contributed by atoms with E-state index in [1.54, 1.807) is 24.3 Å². The van der Waals surface area contributed by atoms with Crippen molar-refractivity contribution in [3.63, 3.8) is 0 Å². The Kier molecular flexibility index (Phi) is 9.20. The van der Waals surface area contributed by atoms with E-state index in [1.165, 1.54) is 0 Å². The van der Waals surface area contributed by atoms with Crippen LogP contribution in [0.4, 0.5) is 5.69 Å². The Labute approximate surface area is 155 Å². The lowest BCUT2D eigenvalue weighted by Crippen LogP contribution is -2.39. The Morgan fingerprint density at radius 3 is 2.60 bits per heavy atom. The predicted molar refractivity (Wildman–Crippen MR) is 100 cm³/mol. The smallest absolute Gasteiger partial charge is 0.224 e. The van der Waals surface area contributed by atoms with Crippen LogP contribution in [0.1, 0.15) is 24.8 Å². The van der Waals surface area contributed by atoms with Crippen LogP contribution in [0.15, 0.2) is 24.3 Å². The third-order valence-electron chi connectivity index (χ3n) is 3.84. The minimum absolute atomic E-state index is 0. The van der Waals surface area contributed by atoms with Gasteiger partial charge in [0.05, 0.1) is 18.3 Å². The average molecular weight is 392 g/mol. The van der Waals surface area contributed by atoms with Crippen molar-refractivity contribution < 1.29 is 17.9 Å². The van der Waals surface area contributed by atoms with Gasteiger partial charge in [-0.2, -0.15) is 0 Å². The van der Waals surface area contributed by atoms with E-state index in [4.69, 9.17) is 10.5 Å². The number of sulfonamides is 1. The van der Waals surface area contributed by atoms with E-state index in [0.29, 0.717) is 18.8 Å². The number of rotatable bonds is 8. The van der Waals surface area contributed by atoms with Crippen molar-refractivity contribution in [1.82, 2.24) is 10.0 Å². The highest BCUT2D eigenvalue weighted by Crippen LogP contribution is 2.11. The van der Waals surface area contributed by atoms with Crippen LogP contribution in [-0.2, 0) is 26.0 Å². The van der Waals surface area contributed by atoms with Gasteiger partial charge in [0.25, 0.3) is 0 Å². The first-order valence-corrected chi connectivity index (χ1v) is 9.80. The van der Waals surface area contributed by atoms with Gasteiger partial charge < -0.3 is 15.8 Å². The quantitative estimate of drug-likeness (QED) is 0.568. The number of anilines is 1. The molecule has 7 nitrogen and oxygen atoms in total. The van der Waals surface area contributed by atoms with Crippen molar-refractivity contribution in [2.24, 2.45) is 0 Å². The number of carbonyl (C=O) groups is 1. The van der Waals surface area contributed by atoms with E-state index < -0.39 is 10.0 Å². The molecule has 1 aliphatic rings. The molecule has 0 aromatic heterocycles. The van der Waals surface area contributed by atoms with Gasteiger partial charge in [-0.3, -0.25) is 4.79 Å². The molecule has 0 saturated carbocycles. The molecule has 1 unspecified atom stereocenters. The minimum Gasteiger partial charge on any atom is -0.399 e. The number of hydrogen-bond donors (Lipinski definition) is 3. The summed E-state index contributed by atoms with van der Waals surface area (Å²) in [5.41, 5.74) is 7.05. The van der Waals surface area contributed by atoms with Crippen LogP contribution in [0.3, 0.4) is 0 Å². The molecule has 1 aromatic carbocycles. The van der Waals surface area contributed by atoms with Crippen LogP contribution in [0, 0.1) is 0 Å². The van der Waals surface area contributed by atoms with Crippen LogP contribution in [0.2, 0.25) is 0 Å². The fraction of sp³-hybridized carbons (Fsp3) is 0.562. The molecule has 1 atom stereocenters. The van der Waals surface area contributed by atoms with Gasteiger partial charge in [0.15, 0.2) is 0 Å². The number of amides is 1. The van der Waals surface area contributed by atoms with E-state index in [1.807, 2.05) is 0 Å². The van der Waals surface area contributed by atoms with Crippen LogP contribution < -0.4 is 15.8 Å². The maximum Gasteiger partial charge on any atom is 0.224 e. The van der Waals surface area contributed by atoms with Gasteiger partial charge in [-0.25, -0.2) is 13.1 Å². The Morgan fingerprint density at radius 1 is 1.24 bits per heavy atom. The number of hydrogen-bond acceptors (Lipinski definition) is 5. The first-order chi connectivity index (χ1) is 11.4. The first-order valence-electron chi connectivity index (χ1n) is 8.15. The molecule has 0 bridgehead atoms. The molecule has 4 N–H and O–H groups in total. The number of nitrogen functional groups attached to an aromatic ring is 1. The van der Waals surface area contributed by atoms with Gasteiger partial charge in [0.1, 0.15) is 0 Å². The number of nitrogens with one attached hydrogen (secondary N) is 2. The van der Waals surface area contributed by atoms with Crippen LogP contribution in [0.25, 0.3) is 0 Å². The van der Waals surface area contributed by atoms with Gasteiger partial charge in [0, 0.05) is 25.4 Å². The lowest BCUT2D eigenvalue weighted by atomic mass is 10.1. The van der Waals surface area contributed by atoms with Gasteiger partial charge in [-0.05, 0) is 37.0 Å². The zero-order valence-corrected chi connectivity index (χ0v) is 15.7. The average Bonchev–Trinajstić information content (AvgIpc) is 2.56. The second-order valence-electron chi connectivity index (χ2n) is 5.92. The summed E-state index contributed by atoms with van der Waals surface area (Å²) < 4.78 is 31.9. The summed E-state index contributed by atoms with van der Waals surface area (Å²) in [6, 6.07) is 7.00. The van der Waals surface area contributed by atoms with Crippen molar-refractivity contribution in [3.8, 4) is 0 Å². The lowest BCUT2D eigenvalue weighted by molar-refractivity contribution is -0.120. The Bertz CT molecular complexity index is 631. The number of ether oxygens (including phenoxy) is 1. The van der Waals surface area contributed by atoms with E-state index in [2.05, 4.69) is 10.0 Å². The predicted octanol–water partition coefficient (Wildman–Crippen LogP) is 0.838. The largest absolute Gasteiger partial charge is 0.399 e. The fourth-order valence-corrected chi connectivity index (χ4v) is 3.42. The summed E-state index contributed by atoms with van der Waals surface area (Å²) in [6.07, 6.45) is 3.12. The van der Waals surface area contributed by atoms with E-state index in [9.17, 15) is 13.2 Å². The molecule has 1 amide bonds. The summed E-state index contributed by atoms with van der Waals surface area (Å²) in [5, 5.41) is 2.62. The molecule has 0 aliphatic carbocycles. The van der Waals surface area contributed by atoms with E-state index in [0.717, 1.165) is 24.8 Å². The van der Waals surface area contributed by atoms with Gasteiger partial charge in [-0.1, -0.05) is 12.1 Å². The third kappa shape index (κ3) is 8.53. The van der Waals surface area contributed by atoms with Crippen LogP contribution in [-0.4, -0.2) is 45.9 Å². The van der Waals surface area contributed by atoms with E-state index in [-0.39, 0.29) is 43.1 Å². The number of halogens is 1. The molecule has 25 heavy (non-hydrogen) atoms. The highest BCUT2D eigenvalue weighted by molar-refractivity contribution is 7.89. The second-order valence-corrected chi connectivity index (χ2v) is 7.85. The highest BCUT2D eigenvalue weighted by atomic mass is 35.5. The summed E-state index contributed by atoms with van der Waals surface area (Å²) in [4.78, 5) is 11.8. The molecule has 1 saturated heterocycles. The first kappa shape index (κ1) is 21.7. The summed E-state index contributed by atoms with van der Waals surface area (Å²) >= 11 is 0. The molecule has 1 fully saturated rings. The van der Waals surface area contributed by atoms with Crippen molar-refractivity contribution in [1.29, 1.82) is 0 Å². The molecule has 2 rings (SSSR count). The monoisotopic (exact) mass is 391 g/mol. The highest BCUT2D eigenvalue weighted by Gasteiger charge is 2.17. The van der Waals surface area contributed by atoms with Crippen molar-refractivity contribution in [2.45, 2.75) is 31.8 Å². The molecule has 142 valence electrons. The maximum atomic E-state index is 11.9. The Morgan fingerprint density at radius 2 is 1.96 bits per heavy atom. The van der Waals surface area contributed by atoms with Crippen molar-refractivity contribution in [2.75, 3.05) is 31.2 Å². The third-order valence-corrected chi connectivity index (χ3v) is 5.19. The van der Waals surface area contributed by atoms with Gasteiger partial charge >= 0.3 is 0 Å². The number of benzene rings is 1. The minimum atomic E-state index is -3.42. The normalized spacial score (nSPS) is 17.5. The summed E-state index contributed by atoms with van der Waals surface area (Å²) in [5.74, 6) is -0.363. The van der Waals surface area contributed by atoms with Crippen LogP contribution >= 0.6 is 12.4 Å². The van der Waals surface area contributed by atoms with Gasteiger partial charge in [-0.15, -0.1) is 12.4 Å². The molecule has 9 heteroatoms. The van der Waals surface area contributed by atoms with E-state index >= 15 is 0 Å². The summed E-state index contributed by atoms with van der Waals surface area (Å²) in [7, 11) is -3.42. The second kappa shape index (κ2) is 10.6. The SMILES string of the molecule is Cl.Nc1ccc(CC(=O)NCCS(=O)(=O)NCC2CCCCO2)cc1. The lowest BCUT2D eigenvalue weighted by Gasteiger charge is -2.22. The Hall–Kier alpha value is -1.35. The van der Waals surface area contributed by atoms with Crippen molar-refractivity contribution in [3.05, 3.63) is 29.8 Å². The molecule has 0 radical (unpaired) electrons. The summed E-state index contributed by atoms with van der Waals surface area (Å²) in [6.45, 7) is 1.06. The fourth-order valence-electron chi connectivity index (χ4n) is 2.47. The molecule has 1 heterocycles. The van der Waals surface area contributed by atoms with Gasteiger partial charge in [0.2, 0.25) is 15.9 Å². The molecule has 1 aliphatic heterocycles. The molecular weight excluding hydrogens is 366 g/mol. The zero-order valence-electron chi connectivity index (χ0n) is 14.1. The number of carbonyl (C=O) groups excluding carboxylic acids is 1. The van der Waals surface area contributed by atoms with Crippen molar-refractivity contribution >= 4 is 34.0 Å². The maximum absolute atomic E-state index is 11.9. The molecule has 1 aromatic rings. The number of nitrogens with two attached hydrogens (primary N) is 1. The molecular formula is C16H26ClN3O4S. The standard InChI is InChI=1S/C16H25N3O4S.ClH/c17-14-6-4-13(5-7-14)11-16(20)18-8-10-24(21,22)19-12-15-3-1-2-9-23-15;/h4-7,15,19H,1-3,8-12,17H2,(H,18,20);1H. The molecule has 0 spiro atoms. The van der Waals surface area contributed by atoms with Crippen LogP contribution in [0.5, 0.6) is 0 Å². The zero-order chi connectivity index (χ0) is 17.4. The Balaban J connectivity index is 0.00000312. The topological polar surface area (TPSA) is 111 Å².